The van der Waals surface area contributed by atoms with Gasteiger partial charge in [-0.05, 0) is 61.4 Å². The maximum atomic E-state index is 12.6. The molecule has 1 fully saturated rings. The van der Waals surface area contributed by atoms with Gasteiger partial charge in [0, 0.05) is 38.9 Å². The number of methoxy groups -OCH3 is 1. The Hall–Kier alpha value is -2.65. The van der Waals surface area contributed by atoms with Gasteiger partial charge in [-0.2, -0.15) is 0 Å². The fraction of sp³-hybridized carbons (Fsp3) is 0.500. The summed E-state index contributed by atoms with van der Waals surface area (Å²) in [6.45, 7) is 1.32. The Labute approximate surface area is 189 Å². The van der Waals surface area contributed by atoms with Crippen LogP contribution in [0.1, 0.15) is 30.7 Å². The molecule has 0 saturated heterocycles. The summed E-state index contributed by atoms with van der Waals surface area (Å²) in [5.41, 5.74) is 3.76. The molecule has 0 spiro atoms. The van der Waals surface area contributed by atoms with Gasteiger partial charge in [-0.3, -0.25) is 9.53 Å². The van der Waals surface area contributed by atoms with E-state index >= 15 is 0 Å². The second-order valence-electron chi connectivity index (χ2n) is 8.74. The van der Waals surface area contributed by atoms with Crippen LogP contribution in [-0.4, -0.2) is 40.3 Å². The van der Waals surface area contributed by atoms with Gasteiger partial charge in [0.05, 0.1) is 23.7 Å². The normalized spacial score (nSPS) is 18.6. The Morgan fingerprint density at radius 3 is 2.61 bits per heavy atom. The summed E-state index contributed by atoms with van der Waals surface area (Å²) in [7, 11) is 3.41. The van der Waals surface area contributed by atoms with Crippen molar-refractivity contribution in [2.24, 2.45) is 13.0 Å². The summed E-state index contributed by atoms with van der Waals surface area (Å²) >= 11 is 0. The van der Waals surface area contributed by atoms with Gasteiger partial charge >= 0.3 is 6.36 Å². The van der Waals surface area contributed by atoms with Crippen LogP contribution in [-0.2, 0) is 29.5 Å². The molecule has 178 valence electrons. The number of benzene rings is 1. The maximum Gasteiger partial charge on any atom is 0.522 e. The largest absolute Gasteiger partial charge is 0.522 e. The molecule has 0 radical (unpaired) electrons. The Bertz CT molecular complexity index is 1170. The van der Waals surface area contributed by atoms with E-state index in [0.29, 0.717) is 24.0 Å². The first-order valence-electron chi connectivity index (χ1n) is 11.0. The first-order valence-corrected chi connectivity index (χ1v) is 11.0. The van der Waals surface area contributed by atoms with Crippen molar-refractivity contribution in [3.8, 4) is 11.1 Å². The zero-order chi connectivity index (χ0) is 23.8. The number of hydrogen-bond donors (Lipinski definition) is 0. The standard InChI is InChI=1S/C24H28F3N3O3/c1-15-10-18(14-29(2)23(15)31)17-5-6-20-21(13-17)30(8-9-33-24(25,26)27)22(28-20)7-4-16-11-19(12-16)32-3/h5-6,10,13-14,16,19H,4,7-9,11-12H2,1-3H3. The third-order valence-corrected chi connectivity index (χ3v) is 6.41. The number of fused-ring (bicyclic) bond motifs is 1. The number of pyridine rings is 1. The number of rotatable bonds is 8. The van der Waals surface area contributed by atoms with Crippen molar-refractivity contribution in [1.29, 1.82) is 0 Å². The average Bonchev–Trinajstić information content (AvgIpc) is 3.06. The van der Waals surface area contributed by atoms with Gasteiger partial charge in [0.1, 0.15) is 5.82 Å². The molecule has 33 heavy (non-hydrogen) atoms. The zero-order valence-corrected chi connectivity index (χ0v) is 19.0. The van der Waals surface area contributed by atoms with E-state index in [1.54, 1.807) is 27.3 Å². The summed E-state index contributed by atoms with van der Waals surface area (Å²) in [6.07, 6.45) is 0.991. The van der Waals surface area contributed by atoms with E-state index in [0.717, 1.165) is 47.2 Å². The van der Waals surface area contributed by atoms with Crippen molar-refractivity contribution in [2.75, 3.05) is 13.7 Å². The fourth-order valence-corrected chi connectivity index (χ4v) is 4.52. The number of nitrogens with zero attached hydrogens (tertiary/aromatic N) is 3. The van der Waals surface area contributed by atoms with Gasteiger partial charge in [0.15, 0.2) is 0 Å². The molecule has 0 atom stereocenters. The van der Waals surface area contributed by atoms with Gasteiger partial charge in [0.2, 0.25) is 0 Å². The number of aryl methyl sites for hydroxylation is 3. The molecular weight excluding hydrogens is 435 g/mol. The molecule has 1 aliphatic rings. The summed E-state index contributed by atoms with van der Waals surface area (Å²) < 4.78 is 50.5. The highest BCUT2D eigenvalue weighted by Gasteiger charge is 2.30. The van der Waals surface area contributed by atoms with Crippen molar-refractivity contribution in [3.63, 3.8) is 0 Å². The maximum absolute atomic E-state index is 12.6. The molecule has 2 heterocycles. The van der Waals surface area contributed by atoms with Gasteiger partial charge in [0.25, 0.3) is 5.56 Å². The molecule has 0 unspecified atom stereocenters. The first-order chi connectivity index (χ1) is 15.6. The van der Waals surface area contributed by atoms with Crippen LogP contribution in [0.3, 0.4) is 0 Å². The van der Waals surface area contributed by atoms with Crippen LogP contribution >= 0.6 is 0 Å². The van der Waals surface area contributed by atoms with E-state index in [1.165, 1.54) is 4.57 Å². The zero-order valence-electron chi connectivity index (χ0n) is 19.0. The Kier molecular flexibility index (Phi) is 6.63. The number of halogens is 3. The fourth-order valence-electron chi connectivity index (χ4n) is 4.52. The van der Waals surface area contributed by atoms with E-state index in [9.17, 15) is 18.0 Å². The smallest absolute Gasteiger partial charge is 0.381 e. The molecule has 6 nitrogen and oxygen atoms in total. The van der Waals surface area contributed by atoms with E-state index in [-0.39, 0.29) is 12.1 Å². The van der Waals surface area contributed by atoms with Crippen LogP contribution in [0, 0.1) is 12.8 Å². The van der Waals surface area contributed by atoms with E-state index in [4.69, 9.17) is 9.72 Å². The summed E-state index contributed by atoms with van der Waals surface area (Å²) in [5, 5.41) is 0. The lowest BCUT2D eigenvalue weighted by atomic mass is 9.79. The molecule has 1 aromatic carbocycles. The molecule has 1 saturated carbocycles. The number of aromatic nitrogens is 3. The predicted molar refractivity (Wildman–Crippen MR) is 119 cm³/mol. The topological polar surface area (TPSA) is 58.3 Å². The highest BCUT2D eigenvalue weighted by atomic mass is 19.4. The lowest BCUT2D eigenvalue weighted by Crippen LogP contribution is -2.30. The monoisotopic (exact) mass is 463 g/mol. The minimum atomic E-state index is -4.67. The third-order valence-electron chi connectivity index (χ3n) is 6.41. The average molecular weight is 464 g/mol. The van der Waals surface area contributed by atoms with Crippen molar-refractivity contribution < 1.29 is 22.6 Å². The van der Waals surface area contributed by atoms with Gasteiger partial charge < -0.3 is 13.9 Å². The van der Waals surface area contributed by atoms with Crippen LogP contribution in [0.15, 0.2) is 35.3 Å². The molecule has 0 aliphatic heterocycles. The van der Waals surface area contributed by atoms with Crippen molar-refractivity contribution in [3.05, 3.63) is 52.2 Å². The van der Waals surface area contributed by atoms with Crippen LogP contribution < -0.4 is 5.56 Å². The second-order valence-corrected chi connectivity index (χ2v) is 8.74. The third kappa shape index (κ3) is 5.30. The molecular formula is C24H28F3N3O3. The molecule has 0 bridgehead atoms. The predicted octanol–water partition coefficient (Wildman–Crippen LogP) is 4.60. The minimum absolute atomic E-state index is 0.0481. The lowest BCUT2D eigenvalue weighted by molar-refractivity contribution is -0.325. The Morgan fingerprint density at radius 2 is 1.94 bits per heavy atom. The quantitative estimate of drug-likeness (QED) is 0.490. The van der Waals surface area contributed by atoms with E-state index < -0.39 is 13.0 Å². The summed E-state index contributed by atoms with van der Waals surface area (Å²) in [6, 6.07) is 7.54. The number of ether oxygens (including phenoxy) is 2. The van der Waals surface area contributed by atoms with Crippen molar-refractivity contribution >= 4 is 11.0 Å². The van der Waals surface area contributed by atoms with E-state index in [1.807, 2.05) is 28.8 Å². The van der Waals surface area contributed by atoms with E-state index in [2.05, 4.69) is 4.74 Å². The SMILES string of the molecule is COC1CC(CCc2nc3ccc(-c4cc(C)c(=O)n(C)c4)cc3n2CCOC(F)(F)F)C1. The highest BCUT2D eigenvalue weighted by molar-refractivity contribution is 5.82. The number of imidazole rings is 1. The summed E-state index contributed by atoms with van der Waals surface area (Å²) in [4.78, 5) is 16.8. The molecule has 2 aromatic heterocycles. The summed E-state index contributed by atoms with van der Waals surface area (Å²) in [5.74, 6) is 1.30. The van der Waals surface area contributed by atoms with Gasteiger partial charge in [-0.1, -0.05) is 6.07 Å². The van der Waals surface area contributed by atoms with Crippen molar-refractivity contribution in [2.45, 2.75) is 51.6 Å². The molecule has 3 aromatic rings. The lowest BCUT2D eigenvalue weighted by Gasteiger charge is -2.34. The molecule has 0 N–H and O–H groups in total. The Morgan fingerprint density at radius 1 is 1.18 bits per heavy atom. The van der Waals surface area contributed by atoms with Crippen LogP contribution in [0.25, 0.3) is 22.2 Å². The molecule has 1 aliphatic carbocycles. The van der Waals surface area contributed by atoms with Gasteiger partial charge in [-0.25, -0.2) is 4.98 Å². The van der Waals surface area contributed by atoms with Crippen LogP contribution in [0.2, 0.25) is 0 Å². The first kappa shape index (κ1) is 23.5. The number of hydrogen-bond acceptors (Lipinski definition) is 4. The molecule has 0 amide bonds. The van der Waals surface area contributed by atoms with Crippen LogP contribution in [0.5, 0.6) is 0 Å². The molecule has 9 heteroatoms. The number of alkyl halides is 3. The van der Waals surface area contributed by atoms with Gasteiger partial charge in [-0.15, -0.1) is 13.2 Å². The minimum Gasteiger partial charge on any atom is -0.381 e. The van der Waals surface area contributed by atoms with Crippen LogP contribution in [0.4, 0.5) is 13.2 Å². The highest BCUT2D eigenvalue weighted by Crippen LogP contribution is 2.34. The van der Waals surface area contributed by atoms with Crippen molar-refractivity contribution in [1.82, 2.24) is 14.1 Å². The Balaban J connectivity index is 1.64. The second kappa shape index (κ2) is 9.30. The molecule has 4 rings (SSSR count).